The van der Waals surface area contributed by atoms with Crippen molar-refractivity contribution in [1.82, 2.24) is 0 Å². The van der Waals surface area contributed by atoms with Crippen LogP contribution in [0.3, 0.4) is 0 Å². The van der Waals surface area contributed by atoms with Crippen LogP contribution in [0.2, 0.25) is 0 Å². The highest BCUT2D eigenvalue weighted by molar-refractivity contribution is 5.96. The average Bonchev–Trinajstić information content (AvgIpc) is 2.62. The van der Waals surface area contributed by atoms with Gasteiger partial charge in [-0.05, 0) is 56.0 Å². The van der Waals surface area contributed by atoms with Gasteiger partial charge in [-0.15, -0.1) is 0 Å². The molecule has 3 rings (SSSR count). The predicted molar refractivity (Wildman–Crippen MR) is 103 cm³/mol. The second-order valence-corrected chi connectivity index (χ2v) is 6.61. The van der Waals surface area contributed by atoms with Crippen molar-refractivity contribution in [1.29, 1.82) is 0 Å². The van der Waals surface area contributed by atoms with Gasteiger partial charge in [-0.3, -0.25) is 9.59 Å². The van der Waals surface area contributed by atoms with Crippen LogP contribution in [-0.4, -0.2) is 25.0 Å². The second kappa shape index (κ2) is 8.04. The largest absolute Gasteiger partial charge is 0.483 e. The molecule has 2 aromatic rings. The van der Waals surface area contributed by atoms with E-state index in [1.54, 1.807) is 4.90 Å². The number of hydrogen-bond acceptors (Lipinski definition) is 3. The first kappa shape index (κ1) is 18.0. The lowest BCUT2D eigenvalue weighted by atomic mass is 10.1. The zero-order chi connectivity index (χ0) is 18.5. The van der Waals surface area contributed by atoms with Crippen LogP contribution in [0.1, 0.15) is 30.4 Å². The summed E-state index contributed by atoms with van der Waals surface area (Å²) in [4.78, 5) is 26.1. The van der Waals surface area contributed by atoms with Gasteiger partial charge < -0.3 is 15.0 Å². The van der Waals surface area contributed by atoms with Gasteiger partial charge in [-0.1, -0.05) is 24.3 Å². The summed E-state index contributed by atoms with van der Waals surface area (Å²) in [6.07, 6.45) is 2.54. The molecule has 1 saturated heterocycles. The van der Waals surface area contributed by atoms with Crippen molar-refractivity contribution >= 4 is 23.2 Å². The lowest BCUT2D eigenvalue weighted by Crippen LogP contribution is -2.35. The van der Waals surface area contributed by atoms with Gasteiger partial charge in [-0.2, -0.15) is 0 Å². The number of benzene rings is 2. The quantitative estimate of drug-likeness (QED) is 0.889. The van der Waals surface area contributed by atoms with E-state index in [0.29, 0.717) is 12.1 Å². The van der Waals surface area contributed by atoms with Crippen molar-refractivity contribution in [2.45, 2.75) is 33.1 Å². The average molecular weight is 352 g/mol. The maximum Gasteiger partial charge on any atom is 0.262 e. The Morgan fingerprint density at radius 1 is 1.12 bits per heavy atom. The number of hydrogen-bond donors (Lipinski definition) is 1. The Hall–Kier alpha value is -2.82. The second-order valence-electron chi connectivity index (χ2n) is 6.61. The molecule has 2 amide bonds. The lowest BCUT2D eigenvalue weighted by molar-refractivity contribution is -0.119. The first-order valence-electron chi connectivity index (χ1n) is 8.94. The lowest BCUT2D eigenvalue weighted by Gasteiger charge is -2.27. The summed E-state index contributed by atoms with van der Waals surface area (Å²) in [5.74, 6) is 0.656. The third-order valence-electron chi connectivity index (χ3n) is 4.52. The van der Waals surface area contributed by atoms with E-state index >= 15 is 0 Å². The summed E-state index contributed by atoms with van der Waals surface area (Å²) >= 11 is 0. The van der Waals surface area contributed by atoms with Gasteiger partial charge in [0.05, 0.1) is 0 Å². The standard InChI is InChI=1S/C21H24N2O3/c1-15-7-5-8-16(2)21(15)26-14-19(24)22-17-9-6-10-18(13-17)23-12-4-3-11-20(23)25/h5-10,13H,3-4,11-12,14H2,1-2H3,(H,22,24). The number of nitrogens with one attached hydrogen (secondary N) is 1. The highest BCUT2D eigenvalue weighted by atomic mass is 16.5. The zero-order valence-corrected chi connectivity index (χ0v) is 15.2. The van der Waals surface area contributed by atoms with Crippen LogP contribution in [0.25, 0.3) is 0 Å². The van der Waals surface area contributed by atoms with Crippen LogP contribution >= 0.6 is 0 Å². The topological polar surface area (TPSA) is 58.6 Å². The van der Waals surface area contributed by atoms with E-state index in [0.717, 1.165) is 42.0 Å². The van der Waals surface area contributed by atoms with Crippen LogP contribution in [0.5, 0.6) is 5.75 Å². The van der Waals surface area contributed by atoms with Crippen LogP contribution in [0.4, 0.5) is 11.4 Å². The number of para-hydroxylation sites is 1. The molecule has 1 aliphatic rings. The minimum atomic E-state index is -0.227. The van der Waals surface area contributed by atoms with Crippen molar-refractivity contribution in [3.05, 3.63) is 53.6 Å². The number of nitrogens with zero attached hydrogens (tertiary/aromatic N) is 1. The smallest absolute Gasteiger partial charge is 0.262 e. The molecule has 1 N–H and O–H groups in total. The van der Waals surface area contributed by atoms with Crippen molar-refractivity contribution in [2.75, 3.05) is 23.4 Å². The molecule has 5 nitrogen and oxygen atoms in total. The Morgan fingerprint density at radius 3 is 2.58 bits per heavy atom. The Labute approximate surface area is 154 Å². The van der Waals surface area contributed by atoms with Crippen molar-refractivity contribution in [3.8, 4) is 5.75 Å². The van der Waals surface area contributed by atoms with E-state index in [1.165, 1.54) is 0 Å². The molecular formula is C21H24N2O3. The molecule has 1 heterocycles. The van der Waals surface area contributed by atoms with E-state index in [9.17, 15) is 9.59 Å². The minimum Gasteiger partial charge on any atom is -0.483 e. The summed E-state index contributed by atoms with van der Waals surface area (Å²) in [5, 5.41) is 2.84. The minimum absolute atomic E-state index is 0.0570. The number of aryl methyl sites for hydroxylation is 2. The van der Waals surface area contributed by atoms with E-state index in [2.05, 4.69) is 5.32 Å². The Balaban J connectivity index is 1.62. The Morgan fingerprint density at radius 2 is 1.85 bits per heavy atom. The van der Waals surface area contributed by atoms with Gasteiger partial charge in [0, 0.05) is 24.3 Å². The molecule has 0 spiro atoms. The zero-order valence-electron chi connectivity index (χ0n) is 15.2. The molecule has 1 aliphatic heterocycles. The highest BCUT2D eigenvalue weighted by Crippen LogP contribution is 2.24. The van der Waals surface area contributed by atoms with Crippen molar-refractivity contribution in [2.24, 2.45) is 0 Å². The van der Waals surface area contributed by atoms with Gasteiger partial charge >= 0.3 is 0 Å². The molecule has 0 bridgehead atoms. The fraction of sp³-hybridized carbons (Fsp3) is 0.333. The van der Waals surface area contributed by atoms with Gasteiger partial charge in [0.1, 0.15) is 5.75 Å². The summed E-state index contributed by atoms with van der Waals surface area (Å²) in [7, 11) is 0. The molecular weight excluding hydrogens is 328 g/mol. The van der Waals surface area contributed by atoms with Crippen LogP contribution in [0.15, 0.2) is 42.5 Å². The van der Waals surface area contributed by atoms with Gasteiger partial charge in [-0.25, -0.2) is 0 Å². The number of anilines is 2. The van der Waals surface area contributed by atoms with Gasteiger partial charge in [0.2, 0.25) is 5.91 Å². The molecule has 0 saturated carbocycles. The van der Waals surface area contributed by atoms with Crippen molar-refractivity contribution < 1.29 is 14.3 Å². The van der Waals surface area contributed by atoms with Crippen LogP contribution in [-0.2, 0) is 9.59 Å². The van der Waals surface area contributed by atoms with Crippen molar-refractivity contribution in [3.63, 3.8) is 0 Å². The molecule has 0 atom stereocenters. The predicted octanol–water partition coefficient (Wildman–Crippen LogP) is 3.84. The number of rotatable bonds is 5. The summed E-state index contributed by atoms with van der Waals surface area (Å²) < 4.78 is 5.69. The van der Waals surface area contributed by atoms with E-state index < -0.39 is 0 Å². The molecule has 0 aliphatic carbocycles. The maximum atomic E-state index is 12.2. The Bertz CT molecular complexity index is 796. The first-order chi connectivity index (χ1) is 12.5. The van der Waals surface area contributed by atoms with Crippen LogP contribution in [0, 0.1) is 13.8 Å². The molecule has 2 aromatic carbocycles. The van der Waals surface area contributed by atoms with E-state index in [4.69, 9.17) is 4.74 Å². The highest BCUT2D eigenvalue weighted by Gasteiger charge is 2.19. The number of ether oxygens (including phenoxy) is 1. The summed E-state index contributed by atoms with van der Waals surface area (Å²) in [6, 6.07) is 13.3. The monoisotopic (exact) mass is 352 g/mol. The number of carbonyl (C=O) groups excluding carboxylic acids is 2. The van der Waals surface area contributed by atoms with Gasteiger partial charge in [0.25, 0.3) is 5.91 Å². The summed E-state index contributed by atoms with van der Waals surface area (Å²) in [6.45, 7) is 4.59. The van der Waals surface area contributed by atoms with Crippen LogP contribution < -0.4 is 15.0 Å². The number of carbonyl (C=O) groups is 2. The molecule has 0 radical (unpaired) electrons. The third kappa shape index (κ3) is 4.23. The molecule has 0 aromatic heterocycles. The molecule has 5 heteroatoms. The first-order valence-corrected chi connectivity index (χ1v) is 8.94. The molecule has 1 fully saturated rings. The van der Waals surface area contributed by atoms with E-state index in [1.807, 2.05) is 56.3 Å². The maximum absolute atomic E-state index is 12.2. The Kier molecular flexibility index (Phi) is 5.56. The molecule has 26 heavy (non-hydrogen) atoms. The fourth-order valence-electron chi connectivity index (χ4n) is 3.19. The fourth-order valence-corrected chi connectivity index (χ4v) is 3.19. The molecule has 136 valence electrons. The molecule has 0 unspecified atom stereocenters. The normalized spacial score (nSPS) is 14.2. The third-order valence-corrected chi connectivity index (χ3v) is 4.52. The SMILES string of the molecule is Cc1cccc(C)c1OCC(=O)Nc1cccc(N2CCCCC2=O)c1. The van der Waals surface area contributed by atoms with E-state index in [-0.39, 0.29) is 18.4 Å². The van der Waals surface area contributed by atoms with Gasteiger partial charge in [0.15, 0.2) is 6.61 Å². The summed E-state index contributed by atoms with van der Waals surface area (Å²) in [5.41, 5.74) is 3.49. The number of amides is 2. The number of piperidine rings is 1.